The molecule has 0 fully saturated rings. The molecule has 0 unspecified atom stereocenters. The monoisotopic (exact) mass is 445 g/mol. The van der Waals surface area contributed by atoms with E-state index in [-0.39, 0.29) is 5.78 Å². The van der Waals surface area contributed by atoms with Crippen LogP contribution < -0.4 is 0 Å². The maximum Gasteiger partial charge on any atom is 0.191 e. The second-order valence-electron chi connectivity index (χ2n) is 7.21. The third-order valence-electron chi connectivity index (χ3n) is 4.96. The fourth-order valence-corrected chi connectivity index (χ4v) is 4.77. The van der Waals surface area contributed by atoms with Crippen molar-refractivity contribution in [1.29, 1.82) is 0 Å². The lowest BCUT2D eigenvalue weighted by Gasteiger charge is -2.05. The number of carbonyl (C=O) groups is 1. The molecule has 0 saturated heterocycles. The summed E-state index contributed by atoms with van der Waals surface area (Å²) in [6.45, 7) is 2.08. The third-order valence-corrected chi connectivity index (χ3v) is 6.99. The van der Waals surface area contributed by atoms with Crippen LogP contribution in [0.25, 0.3) is 11.1 Å². The van der Waals surface area contributed by atoms with E-state index in [4.69, 9.17) is 0 Å². The molecule has 4 rings (SSSR count). The van der Waals surface area contributed by atoms with Gasteiger partial charge >= 0.3 is 0 Å². The molecule has 6 heteroatoms. The average Bonchev–Trinajstić information content (AvgIpc) is 3.17. The predicted octanol–water partition coefficient (Wildman–Crippen LogP) is 6.06. The van der Waals surface area contributed by atoms with Gasteiger partial charge in [0.25, 0.3) is 0 Å². The van der Waals surface area contributed by atoms with E-state index in [0.717, 1.165) is 27.9 Å². The molecule has 0 N–H and O–H groups in total. The number of nitrogens with zero attached hydrogens (tertiary/aromatic N) is 3. The lowest BCUT2D eigenvalue weighted by atomic mass is 10.0. The average molecular weight is 446 g/mol. The molecule has 0 radical (unpaired) electrons. The van der Waals surface area contributed by atoms with Gasteiger partial charge in [-0.25, -0.2) is 0 Å². The topological polar surface area (TPSA) is 47.8 Å². The van der Waals surface area contributed by atoms with Gasteiger partial charge in [0.15, 0.2) is 10.9 Å². The number of thioether (sulfide) groups is 2. The second kappa shape index (κ2) is 9.98. The Labute approximate surface area is 191 Å². The minimum Gasteiger partial charge on any atom is -0.308 e. The van der Waals surface area contributed by atoms with Crippen molar-refractivity contribution >= 4 is 29.3 Å². The van der Waals surface area contributed by atoms with E-state index >= 15 is 0 Å². The molecule has 3 aromatic carbocycles. The Hall–Kier alpha value is -2.83. The van der Waals surface area contributed by atoms with Crippen molar-refractivity contribution in [2.45, 2.75) is 22.7 Å². The number of Topliss-reactive ketones (excluding diaryl/α,β-unsaturated/α-hetero) is 1. The molecule has 4 nitrogen and oxygen atoms in total. The van der Waals surface area contributed by atoms with Crippen LogP contribution >= 0.6 is 23.5 Å². The number of ketones is 1. The highest BCUT2D eigenvalue weighted by atomic mass is 32.2. The Balaban J connectivity index is 1.33. The molecule has 0 bridgehead atoms. The molecule has 4 aromatic rings. The van der Waals surface area contributed by atoms with Crippen LogP contribution in [0, 0.1) is 6.92 Å². The molecule has 0 atom stereocenters. The van der Waals surface area contributed by atoms with Gasteiger partial charge in [0, 0.05) is 17.5 Å². The first-order valence-corrected chi connectivity index (χ1v) is 12.0. The SMILES string of the molecule is Cc1ccc(SCc2nnc(SCC(=O)c3ccc(-c4ccccc4)cc3)n2C)cc1. The van der Waals surface area contributed by atoms with Crippen LogP contribution in [0.4, 0.5) is 0 Å². The first kappa shape index (κ1) is 21.4. The molecule has 0 saturated carbocycles. The molecule has 0 aliphatic carbocycles. The lowest BCUT2D eigenvalue weighted by molar-refractivity contribution is 0.102. The van der Waals surface area contributed by atoms with Crippen LogP contribution in [0.2, 0.25) is 0 Å². The predicted molar refractivity (Wildman–Crippen MR) is 129 cm³/mol. The molecular weight excluding hydrogens is 422 g/mol. The number of hydrogen-bond donors (Lipinski definition) is 0. The van der Waals surface area contributed by atoms with Gasteiger partial charge in [-0.15, -0.1) is 22.0 Å². The maximum absolute atomic E-state index is 12.6. The number of benzene rings is 3. The van der Waals surface area contributed by atoms with E-state index in [1.54, 1.807) is 11.8 Å². The van der Waals surface area contributed by atoms with Gasteiger partial charge < -0.3 is 4.57 Å². The van der Waals surface area contributed by atoms with Gasteiger partial charge in [-0.3, -0.25) is 4.79 Å². The molecule has 0 amide bonds. The van der Waals surface area contributed by atoms with Crippen LogP contribution in [-0.2, 0) is 12.8 Å². The zero-order valence-corrected chi connectivity index (χ0v) is 19.1. The summed E-state index contributed by atoms with van der Waals surface area (Å²) in [4.78, 5) is 13.8. The van der Waals surface area contributed by atoms with E-state index in [1.807, 2.05) is 54.1 Å². The molecule has 156 valence electrons. The normalized spacial score (nSPS) is 10.9. The summed E-state index contributed by atoms with van der Waals surface area (Å²) in [6.07, 6.45) is 0. The Morgan fingerprint density at radius 2 is 1.52 bits per heavy atom. The van der Waals surface area contributed by atoms with Crippen LogP contribution in [-0.4, -0.2) is 26.3 Å². The van der Waals surface area contributed by atoms with Crippen molar-refractivity contribution in [2.75, 3.05) is 5.75 Å². The quantitative estimate of drug-likeness (QED) is 0.244. The van der Waals surface area contributed by atoms with Gasteiger partial charge in [0.1, 0.15) is 5.82 Å². The number of carbonyl (C=O) groups excluding carboxylic acids is 1. The van der Waals surface area contributed by atoms with Crippen molar-refractivity contribution in [1.82, 2.24) is 14.8 Å². The number of hydrogen-bond acceptors (Lipinski definition) is 5. The van der Waals surface area contributed by atoms with E-state index in [0.29, 0.717) is 11.3 Å². The van der Waals surface area contributed by atoms with Crippen LogP contribution in [0.1, 0.15) is 21.7 Å². The van der Waals surface area contributed by atoms with Crippen molar-refractivity contribution in [2.24, 2.45) is 7.05 Å². The molecule has 31 heavy (non-hydrogen) atoms. The minimum atomic E-state index is 0.0863. The highest BCUT2D eigenvalue weighted by Gasteiger charge is 2.13. The van der Waals surface area contributed by atoms with Gasteiger partial charge in [0.05, 0.1) is 11.5 Å². The number of aryl methyl sites for hydroxylation is 1. The number of rotatable bonds is 8. The second-order valence-corrected chi connectivity index (χ2v) is 9.21. The fraction of sp³-hybridized carbons (Fsp3) is 0.160. The highest BCUT2D eigenvalue weighted by Crippen LogP contribution is 2.25. The van der Waals surface area contributed by atoms with E-state index in [9.17, 15) is 4.79 Å². The molecule has 1 heterocycles. The summed E-state index contributed by atoms with van der Waals surface area (Å²) >= 11 is 3.16. The smallest absolute Gasteiger partial charge is 0.191 e. The van der Waals surface area contributed by atoms with Crippen LogP contribution in [0.3, 0.4) is 0 Å². The lowest BCUT2D eigenvalue weighted by Crippen LogP contribution is -2.04. The van der Waals surface area contributed by atoms with Gasteiger partial charge in [-0.1, -0.05) is 84.1 Å². The highest BCUT2D eigenvalue weighted by molar-refractivity contribution is 7.99. The molecule has 1 aromatic heterocycles. The summed E-state index contributed by atoms with van der Waals surface area (Å²) < 4.78 is 1.97. The standard InChI is InChI=1S/C25H23N3OS2/c1-18-8-14-22(15-9-18)30-17-24-26-27-25(28(24)2)31-16-23(29)21-12-10-20(11-13-21)19-6-4-3-5-7-19/h3-15H,16-17H2,1-2H3. The summed E-state index contributed by atoms with van der Waals surface area (Å²) in [7, 11) is 1.95. The first-order chi connectivity index (χ1) is 15.1. The molecule has 0 aliphatic heterocycles. The molecule has 0 spiro atoms. The Bertz CT molecular complexity index is 1150. The zero-order valence-electron chi connectivity index (χ0n) is 17.5. The van der Waals surface area contributed by atoms with E-state index in [1.165, 1.54) is 22.2 Å². The van der Waals surface area contributed by atoms with Crippen molar-refractivity contribution in [3.8, 4) is 11.1 Å². The summed E-state index contributed by atoms with van der Waals surface area (Å²) in [6, 6.07) is 26.4. The maximum atomic E-state index is 12.6. The fourth-order valence-electron chi connectivity index (χ4n) is 3.07. The summed E-state index contributed by atoms with van der Waals surface area (Å²) in [5, 5.41) is 9.33. The van der Waals surface area contributed by atoms with Crippen LogP contribution in [0.5, 0.6) is 0 Å². The minimum absolute atomic E-state index is 0.0863. The van der Waals surface area contributed by atoms with Crippen molar-refractivity contribution in [3.63, 3.8) is 0 Å². The Morgan fingerprint density at radius 3 is 2.23 bits per heavy atom. The third kappa shape index (κ3) is 5.46. The van der Waals surface area contributed by atoms with Crippen LogP contribution in [0.15, 0.2) is 88.9 Å². The van der Waals surface area contributed by atoms with Gasteiger partial charge in [-0.2, -0.15) is 0 Å². The van der Waals surface area contributed by atoms with Gasteiger partial charge in [-0.05, 0) is 30.2 Å². The molecular formula is C25H23N3OS2. The molecule has 0 aliphatic rings. The Kier molecular flexibility index (Phi) is 6.89. The van der Waals surface area contributed by atoms with Crippen molar-refractivity contribution in [3.05, 3.63) is 95.8 Å². The number of aromatic nitrogens is 3. The van der Waals surface area contributed by atoms with Gasteiger partial charge in [0.2, 0.25) is 0 Å². The van der Waals surface area contributed by atoms with E-state index < -0.39 is 0 Å². The summed E-state index contributed by atoms with van der Waals surface area (Å²) in [5.74, 6) is 2.06. The van der Waals surface area contributed by atoms with Crippen molar-refractivity contribution < 1.29 is 4.79 Å². The Morgan fingerprint density at radius 1 is 0.839 bits per heavy atom. The first-order valence-electron chi connectivity index (χ1n) is 9.99. The largest absolute Gasteiger partial charge is 0.308 e. The summed E-state index contributed by atoms with van der Waals surface area (Å²) in [5.41, 5.74) is 4.21. The van der Waals surface area contributed by atoms with E-state index in [2.05, 4.69) is 53.5 Å². The zero-order chi connectivity index (χ0) is 21.6.